The maximum absolute atomic E-state index is 6.05. The number of hydrogen-bond donors (Lipinski definition) is 2. The molecule has 2 N–H and O–H groups in total. The van der Waals surface area contributed by atoms with Gasteiger partial charge in [0.25, 0.3) is 0 Å². The zero-order valence-electron chi connectivity index (χ0n) is 30.1. The molecular weight excluding hydrogens is 681 g/mol. The van der Waals surface area contributed by atoms with Gasteiger partial charge in [0.15, 0.2) is 11.6 Å². The number of aromatic nitrogens is 6. The number of pyridine rings is 2. The third-order valence-corrected chi connectivity index (χ3v) is 11.0. The van der Waals surface area contributed by atoms with Crippen LogP contribution in [-0.2, 0) is 19.3 Å². The number of benzene rings is 4. The Hall–Kier alpha value is -6.74. The minimum absolute atomic E-state index is 0.0494. The van der Waals surface area contributed by atoms with Crippen molar-refractivity contribution >= 4 is 33.2 Å². The van der Waals surface area contributed by atoms with Crippen LogP contribution in [-0.4, -0.2) is 43.0 Å². The van der Waals surface area contributed by atoms with E-state index in [0.29, 0.717) is 19.4 Å². The highest BCUT2D eigenvalue weighted by atomic mass is 16.5. The van der Waals surface area contributed by atoms with Crippen molar-refractivity contribution in [2.75, 3.05) is 17.2 Å². The number of rotatable bonds is 9. The van der Waals surface area contributed by atoms with Gasteiger partial charge in [-0.2, -0.15) is 10.2 Å². The molecule has 268 valence electrons. The summed E-state index contributed by atoms with van der Waals surface area (Å²) in [4.78, 5) is 9.11. The van der Waals surface area contributed by atoms with Gasteiger partial charge in [-0.15, -0.1) is 10.2 Å². The average molecular weight is 719 g/mol. The van der Waals surface area contributed by atoms with Crippen molar-refractivity contribution in [2.45, 2.75) is 43.7 Å². The van der Waals surface area contributed by atoms with Gasteiger partial charge in [-0.25, -0.2) is 0 Å². The molecule has 0 saturated carbocycles. The molecule has 10 rings (SSSR count). The lowest BCUT2D eigenvalue weighted by atomic mass is 9.95. The monoisotopic (exact) mass is 718 g/mol. The maximum atomic E-state index is 6.05. The highest BCUT2D eigenvalue weighted by Gasteiger charge is 2.33. The van der Waals surface area contributed by atoms with E-state index in [1.54, 1.807) is 0 Å². The number of ether oxygens (including phenoxy) is 1. The van der Waals surface area contributed by atoms with Gasteiger partial charge >= 0.3 is 0 Å². The van der Waals surface area contributed by atoms with Crippen LogP contribution in [0.1, 0.15) is 63.3 Å². The summed E-state index contributed by atoms with van der Waals surface area (Å²) in [5.41, 5.74) is 8.99. The molecule has 0 fully saturated rings. The summed E-state index contributed by atoms with van der Waals surface area (Å²) in [5.74, 6) is 2.66. The first-order valence-electron chi connectivity index (χ1n) is 18.9. The van der Waals surface area contributed by atoms with Crippen LogP contribution in [0.15, 0.2) is 140 Å². The maximum Gasteiger partial charge on any atom is 0.157 e. The van der Waals surface area contributed by atoms with Gasteiger partial charge in [-0.1, -0.05) is 91.0 Å². The molecule has 8 aromatic rings. The Kier molecular flexibility index (Phi) is 8.51. The molecule has 4 aromatic carbocycles. The van der Waals surface area contributed by atoms with E-state index in [-0.39, 0.29) is 18.0 Å². The van der Waals surface area contributed by atoms with Gasteiger partial charge in [0.2, 0.25) is 0 Å². The first-order valence-corrected chi connectivity index (χ1v) is 18.9. The third-order valence-electron chi connectivity index (χ3n) is 11.0. The molecule has 0 radical (unpaired) electrons. The number of nitrogens with one attached hydrogen (secondary N) is 2. The van der Waals surface area contributed by atoms with Gasteiger partial charge in [-0.05, 0) is 71.0 Å². The molecule has 5 heterocycles. The zero-order chi connectivity index (χ0) is 36.6. The Balaban J connectivity index is 0.899. The summed E-state index contributed by atoms with van der Waals surface area (Å²) >= 11 is 0. The van der Waals surface area contributed by atoms with Crippen LogP contribution >= 0.6 is 0 Å². The second kappa shape index (κ2) is 14.2. The fourth-order valence-electron chi connectivity index (χ4n) is 8.31. The molecule has 1 aliphatic carbocycles. The van der Waals surface area contributed by atoms with E-state index in [2.05, 4.69) is 113 Å². The quantitative estimate of drug-likeness (QED) is 0.152. The normalized spacial score (nSPS) is 17.3. The van der Waals surface area contributed by atoms with Crippen molar-refractivity contribution in [2.24, 2.45) is 0 Å². The minimum atomic E-state index is 0.0494. The van der Waals surface area contributed by atoms with Crippen molar-refractivity contribution < 1.29 is 4.74 Å². The standard InChI is InChI=1S/C46H38N8O/c1-8-16-44-31(9-1)26-32(28-55-44)49-45-37-14-6-4-12-35(37)43(52-53-45)25-30-19-22-48-40(24-30)39-27-41(34-11-3-2-10-33(34)39)50-46-38-15-7-5-13-36(38)42(51-54-46)23-29-17-20-47-21-18-29/h1-22,24,32,39,41H,23,25-28H2,(H,49,53)(H,50,54). The predicted octanol–water partition coefficient (Wildman–Crippen LogP) is 8.65. The van der Waals surface area contributed by atoms with E-state index < -0.39 is 0 Å². The Morgan fingerprint density at radius 2 is 1.20 bits per heavy atom. The van der Waals surface area contributed by atoms with Gasteiger partial charge in [0, 0.05) is 64.6 Å². The van der Waals surface area contributed by atoms with Crippen molar-refractivity contribution in [3.8, 4) is 5.75 Å². The molecule has 0 saturated heterocycles. The second-order valence-electron chi connectivity index (χ2n) is 14.5. The van der Waals surface area contributed by atoms with Crippen LogP contribution in [0.5, 0.6) is 5.75 Å². The Morgan fingerprint density at radius 3 is 1.96 bits per heavy atom. The van der Waals surface area contributed by atoms with Gasteiger partial charge in [-0.3, -0.25) is 9.97 Å². The molecule has 1 aliphatic heterocycles. The lowest BCUT2D eigenvalue weighted by molar-refractivity contribution is 0.272. The molecule has 0 amide bonds. The van der Waals surface area contributed by atoms with Crippen molar-refractivity contribution in [1.29, 1.82) is 0 Å². The SMILES string of the molecule is c1ccc2c(c1)CC(Nc1nnc(Cc3ccnc(C4CC(Nc5nnc(Cc6ccncc6)c6ccccc56)c5ccccc54)c3)c3ccccc13)CO2. The molecule has 0 bridgehead atoms. The smallest absolute Gasteiger partial charge is 0.157 e. The largest absolute Gasteiger partial charge is 0.491 e. The summed E-state index contributed by atoms with van der Waals surface area (Å²) in [6, 6.07) is 42.2. The fourth-order valence-corrected chi connectivity index (χ4v) is 8.31. The number of para-hydroxylation sites is 1. The molecule has 9 heteroatoms. The van der Waals surface area contributed by atoms with E-state index in [9.17, 15) is 0 Å². The van der Waals surface area contributed by atoms with E-state index in [1.165, 1.54) is 16.7 Å². The predicted molar refractivity (Wildman–Crippen MR) is 215 cm³/mol. The average Bonchev–Trinajstić information content (AvgIpc) is 3.61. The lowest BCUT2D eigenvalue weighted by Crippen LogP contribution is -2.33. The van der Waals surface area contributed by atoms with Crippen LogP contribution in [0.4, 0.5) is 11.6 Å². The van der Waals surface area contributed by atoms with Gasteiger partial charge in [0.1, 0.15) is 12.4 Å². The summed E-state index contributed by atoms with van der Waals surface area (Å²) in [5, 5.41) is 30.7. The molecule has 4 aromatic heterocycles. The van der Waals surface area contributed by atoms with Crippen LogP contribution in [0, 0.1) is 0 Å². The van der Waals surface area contributed by atoms with E-state index in [0.717, 1.165) is 80.0 Å². The summed E-state index contributed by atoms with van der Waals surface area (Å²) in [6.07, 6.45) is 8.63. The first kappa shape index (κ1) is 32.9. The number of fused-ring (bicyclic) bond motifs is 4. The second-order valence-corrected chi connectivity index (χ2v) is 14.5. The number of nitrogens with zero attached hydrogens (tertiary/aromatic N) is 6. The molecule has 9 nitrogen and oxygen atoms in total. The fraction of sp³-hybridized carbons (Fsp3) is 0.174. The first-order chi connectivity index (χ1) is 27.2. The topological polar surface area (TPSA) is 111 Å². The highest BCUT2D eigenvalue weighted by Crippen LogP contribution is 2.45. The van der Waals surface area contributed by atoms with E-state index in [4.69, 9.17) is 30.1 Å². The molecule has 0 spiro atoms. The third kappa shape index (κ3) is 6.48. The van der Waals surface area contributed by atoms with Gasteiger partial charge in [0.05, 0.1) is 23.5 Å². The zero-order valence-corrected chi connectivity index (χ0v) is 30.1. The van der Waals surface area contributed by atoms with Crippen molar-refractivity contribution in [1.82, 2.24) is 30.4 Å². The minimum Gasteiger partial charge on any atom is -0.491 e. The molecular formula is C46H38N8O. The van der Waals surface area contributed by atoms with Crippen LogP contribution in [0.3, 0.4) is 0 Å². The Bertz CT molecular complexity index is 2670. The molecule has 2 aliphatic rings. The van der Waals surface area contributed by atoms with Crippen LogP contribution in [0.2, 0.25) is 0 Å². The van der Waals surface area contributed by atoms with E-state index >= 15 is 0 Å². The lowest BCUT2D eigenvalue weighted by Gasteiger charge is -2.26. The summed E-state index contributed by atoms with van der Waals surface area (Å²) in [6.45, 7) is 0.582. The number of hydrogen-bond acceptors (Lipinski definition) is 9. The Labute approximate surface area is 318 Å². The molecule has 55 heavy (non-hydrogen) atoms. The molecule has 3 atom stereocenters. The summed E-state index contributed by atoms with van der Waals surface area (Å²) in [7, 11) is 0. The van der Waals surface area contributed by atoms with Crippen LogP contribution in [0.25, 0.3) is 21.5 Å². The van der Waals surface area contributed by atoms with Crippen molar-refractivity contribution in [3.63, 3.8) is 0 Å². The number of anilines is 2. The van der Waals surface area contributed by atoms with Gasteiger partial charge < -0.3 is 15.4 Å². The molecule has 3 unspecified atom stereocenters. The van der Waals surface area contributed by atoms with Crippen molar-refractivity contribution in [3.05, 3.63) is 185 Å². The van der Waals surface area contributed by atoms with E-state index in [1.807, 2.05) is 42.9 Å². The Morgan fingerprint density at radius 1 is 0.582 bits per heavy atom. The summed E-state index contributed by atoms with van der Waals surface area (Å²) < 4.78 is 6.05. The highest BCUT2D eigenvalue weighted by molar-refractivity contribution is 5.94. The van der Waals surface area contributed by atoms with Crippen LogP contribution < -0.4 is 15.4 Å².